The van der Waals surface area contributed by atoms with Gasteiger partial charge in [0.05, 0.1) is 18.4 Å². The van der Waals surface area contributed by atoms with E-state index in [4.69, 9.17) is 9.84 Å². The molecule has 0 fully saturated rings. The zero-order valence-corrected chi connectivity index (χ0v) is 11.0. The molecule has 6 heteroatoms. The molecule has 0 radical (unpaired) electrons. The van der Waals surface area contributed by atoms with Gasteiger partial charge in [-0.3, -0.25) is 9.59 Å². The van der Waals surface area contributed by atoms with Crippen LogP contribution in [0.4, 0.5) is 0 Å². The first-order valence-corrected chi connectivity index (χ1v) is 6.38. The van der Waals surface area contributed by atoms with Crippen LogP contribution in [-0.4, -0.2) is 34.7 Å². The van der Waals surface area contributed by atoms with Crippen LogP contribution in [0.15, 0.2) is 24.8 Å². The number of aliphatic carboxylic acids is 2. The maximum Gasteiger partial charge on any atom is 0.330 e. The highest BCUT2D eigenvalue weighted by atomic mass is 16.5. The third-order valence-electron chi connectivity index (χ3n) is 3.38. The van der Waals surface area contributed by atoms with Gasteiger partial charge in [0.1, 0.15) is 0 Å². The van der Waals surface area contributed by atoms with Crippen molar-refractivity contribution in [2.45, 2.75) is 19.3 Å². The second-order valence-electron chi connectivity index (χ2n) is 4.67. The summed E-state index contributed by atoms with van der Waals surface area (Å²) in [6.07, 6.45) is 5.72. The predicted molar refractivity (Wildman–Crippen MR) is 69.9 cm³/mol. The van der Waals surface area contributed by atoms with E-state index in [0.29, 0.717) is 19.3 Å². The lowest BCUT2D eigenvalue weighted by Crippen LogP contribution is -2.36. The average Bonchev–Trinajstić information content (AvgIpc) is 2.42. The lowest BCUT2D eigenvalue weighted by molar-refractivity contribution is -0.154. The van der Waals surface area contributed by atoms with Crippen molar-refractivity contribution in [3.05, 3.63) is 24.8 Å². The molecule has 20 heavy (non-hydrogen) atoms. The normalized spacial score (nSPS) is 24.9. The number of carboxylic acid groups (broad SMARTS) is 2. The zero-order chi connectivity index (χ0) is 15.1. The first kappa shape index (κ1) is 15.9. The average molecular weight is 282 g/mol. The molecule has 1 aliphatic carbocycles. The minimum Gasteiger partial charge on any atom is -0.481 e. The molecule has 0 spiro atoms. The van der Waals surface area contributed by atoms with Crippen molar-refractivity contribution in [1.82, 2.24) is 0 Å². The van der Waals surface area contributed by atoms with Crippen molar-refractivity contribution in [3.63, 3.8) is 0 Å². The topological polar surface area (TPSA) is 101 Å². The minimum atomic E-state index is -1.13. The van der Waals surface area contributed by atoms with Gasteiger partial charge >= 0.3 is 17.9 Å². The van der Waals surface area contributed by atoms with E-state index in [1.54, 1.807) is 6.08 Å². The van der Waals surface area contributed by atoms with Crippen molar-refractivity contribution in [2.75, 3.05) is 6.61 Å². The lowest BCUT2D eigenvalue weighted by Gasteiger charge is -2.29. The van der Waals surface area contributed by atoms with Crippen molar-refractivity contribution in [1.29, 1.82) is 0 Å². The highest BCUT2D eigenvalue weighted by molar-refractivity contribution is 5.82. The van der Waals surface area contributed by atoms with Gasteiger partial charge in [-0.1, -0.05) is 18.7 Å². The number of carboxylic acids is 2. The second-order valence-corrected chi connectivity index (χ2v) is 4.67. The standard InChI is InChI=1S/C14H18O6/c1-2-11(15)20-8-4-6-9-5-3-7-10(13(16)17)12(9)14(18)19/h2-3,7,9-10,12H,1,4-6,8H2,(H,16,17)(H,18,19). The van der Waals surface area contributed by atoms with E-state index in [1.165, 1.54) is 6.08 Å². The van der Waals surface area contributed by atoms with Gasteiger partial charge < -0.3 is 14.9 Å². The summed E-state index contributed by atoms with van der Waals surface area (Å²) >= 11 is 0. The molecule has 110 valence electrons. The first-order valence-electron chi connectivity index (χ1n) is 6.38. The molecular weight excluding hydrogens is 264 g/mol. The van der Waals surface area contributed by atoms with Crippen molar-refractivity contribution in [3.8, 4) is 0 Å². The Morgan fingerprint density at radius 3 is 2.55 bits per heavy atom. The summed E-state index contributed by atoms with van der Waals surface area (Å²) in [5.74, 6) is -4.95. The van der Waals surface area contributed by atoms with E-state index in [9.17, 15) is 19.5 Å². The van der Waals surface area contributed by atoms with Gasteiger partial charge in [-0.25, -0.2) is 4.79 Å². The largest absolute Gasteiger partial charge is 0.481 e. The van der Waals surface area contributed by atoms with E-state index < -0.39 is 29.7 Å². The number of esters is 1. The van der Waals surface area contributed by atoms with Crippen LogP contribution in [0.3, 0.4) is 0 Å². The molecule has 0 aliphatic heterocycles. The predicted octanol–water partition coefficient (Wildman–Crippen LogP) is 1.47. The molecule has 0 saturated heterocycles. The fraction of sp³-hybridized carbons (Fsp3) is 0.500. The molecule has 3 unspecified atom stereocenters. The summed E-state index contributed by atoms with van der Waals surface area (Å²) in [7, 11) is 0. The van der Waals surface area contributed by atoms with Gasteiger partial charge in [0, 0.05) is 6.08 Å². The van der Waals surface area contributed by atoms with E-state index in [-0.39, 0.29) is 12.5 Å². The number of rotatable bonds is 7. The fourth-order valence-corrected chi connectivity index (χ4v) is 2.43. The first-order chi connectivity index (χ1) is 9.47. The molecule has 0 aromatic rings. The Morgan fingerprint density at radius 1 is 1.30 bits per heavy atom. The maximum atomic E-state index is 11.3. The SMILES string of the molecule is C=CC(=O)OCCCC1CC=CC(C(=O)O)C1C(=O)O. The molecule has 1 aliphatic rings. The van der Waals surface area contributed by atoms with Crippen molar-refractivity contribution in [2.24, 2.45) is 17.8 Å². The van der Waals surface area contributed by atoms with Crippen LogP contribution in [0.1, 0.15) is 19.3 Å². The van der Waals surface area contributed by atoms with Gasteiger partial charge in [-0.05, 0) is 25.2 Å². The van der Waals surface area contributed by atoms with Crippen LogP contribution >= 0.6 is 0 Å². The Hall–Kier alpha value is -2.11. The lowest BCUT2D eigenvalue weighted by atomic mass is 9.74. The maximum absolute atomic E-state index is 11.3. The van der Waals surface area contributed by atoms with Crippen LogP contribution in [0, 0.1) is 17.8 Å². The third-order valence-corrected chi connectivity index (χ3v) is 3.38. The van der Waals surface area contributed by atoms with Crippen LogP contribution in [0.5, 0.6) is 0 Å². The van der Waals surface area contributed by atoms with Crippen molar-refractivity contribution < 1.29 is 29.3 Å². The summed E-state index contributed by atoms with van der Waals surface area (Å²) in [5, 5.41) is 18.3. The Bertz CT molecular complexity index is 425. The molecule has 6 nitrogen and oxygen atoms in total. The minimum absolute atomic E-state index is 0.176. The van der Waals surface area contributed by atoms with E-state index in [0.717, 1.165) is 6.08 Å². The number of hydrogen-bond donors (Lipinski definition) is 2. The zero-order valence-electron chi connectivity index (χ0n) is 11.0. The number of carbonyl (C=O) groups is 3. The number of allylic oxidation sites excluding steroid dienone is 1. The van der Waals surface area contributed by atoms with E-state index >= 15 is 0 Å². The highest BCUT2D eigenvalue weighted by Crippen LogP contribution is 2.34. The highest BCUT2D eigenvalue weighted by Gasteiger charge is 2.39. The van der Waals surface area contributed by atoms with Gasteiger partial charge in [-0.15, -0.1) is 0 Å². The molecule has 3 atom stereocenters. The fourth-order valence-electron chi connectivity index (χ4n) is 2.43. The summed E-state index contributed by atoms with van der Waals surface area (Å²) < 4.78 is 4.81. The summed E-state index contributed by atoms with van der Waals surface area (Å²) in [5.41, 5.74) is 0. The molecular formula is C14H18O6. The summed E-state index contributed by atoms with van der Waals surface area (Å²) in [6, 6.07) is 0. The Labute approximate surface area is 116 Å². The number of ether oxygens (including phenoxy) is 1. The molecule has 0 bridgehead atoms. The van der Waals surface area contributed by atoms with Crippen LogP contribution in [0.25, 0.3) is 0 Å². The number of carbonyl (C=O) groups excluding carboxylic acids is 1. The Kier molecular flexibility index (Phi) is 5.96. The summed E-state index contributed by atoms with van der Waals surface area (Å²) in [6.45, 7) is 3.44. The van der Waals surface area contributed by atoms with E-state index in [2.05, 4.69) is 6.58 Å². The Balaban J connectivity index is 2.57. The molecule has 0 heterocycles. The number of hydrogen-bond acceptors (Lipinski definition) is 4. The van der Waals surface area contributed by atoms with Crippen molar-refractivity contribution >= 4 is 17.9 Å². The smallest absolute Gasteiger partial charge is 0.330 e. The molecule has 1 rings (SSSR count). The van der Waals surface area contributed by atoms with Gasteiger partial charge in [-0.2, -0.15) is 0 Å². The molecule has 0 saturated carbocycles. The van der Waals surface area contributed by atoms with Crippen LogP contribution in [0.2, 0.25) is 0 Å². The van der Waals surface area contributed by atoms with E-state index in [1.807, 2.05) is 0 Å². The second kappa shape index (κ2) is 7.47. The summed E-state index contributed by atoms with van der Waals surface area (Å²) in [4.78, 5) is 33.2. The van der Waals surface area contributed by atoms with Gasteiger partial charge in [0.25, 0.3) is 0 Å². The monoisotopic (exact) mass is 282 g/mol. The molecule has 2 N–H and O–H groups in total. The third kappa shape index (κ3) is 4.22. The van der Waals surface area contributed by atoms with Crippen LogP contribution in [-0.2, 0) is 19.1 Å². The molecule has 0 aromatic carbocycles. The van der Waals surface area contributed by atoms with Gasteiger partial charge in [0.2, 0.25) is 0 Å². The molecule has 0 aromatic heterocycles. The Morgan fingerprint density at radius 2 is 2.00 bits per heavy atom. The molecule has 0 amide bonds. The van der Waals surface area contributed by atoms with Gasteiger partial charge in [0.15, 0.2) is 0 Å². The van der Waals surface area contributed by atoms with Crippen LogP contribution < -0.4 is 0 Å². The quantitative estimate of drug-likeness (QED) is 0.317.